The molecule has 7 nitrogen and oxygen atoms in total. The van der Waals surface area contributed by atoms with Crippen molar-refractivity contribution in [2.75, 3.05) is 17.7 Å². The SMILES string of the molecule is COC(=O)Nc1ccc(C2Nc3ccc(S(N)(=O)=O)cc3C3C=CCC32)cc1. The average molecular weight is 399 g/mol. The summed E-state index contributed by atoms with van der Waals surface area (Å²) in [5, 5.41) is 11.5. The quantitative estimate of drug-likeness (QED) is 0.686. The van der Waals surface area contributed by atoms with Crippen LogP contribution in [0, 0.1) is 5.92 Å². The fourth-order valence-electron chi connectivity index (χ4n) is 4.02. The third-order valence-electron chi connectivity index (χ3n) is 5.36. The van der Waals surface area contributed by atoms with Crippen molar-refractivity contribution in [3.63, 3.8) is 0 Å². The van der Waals surface area contributed by atoms with E-state index in [9.17, 15) is 13.2 Å². The fraction of sp³-hybridized carbons (Fsp3) is 0.250. The Morgan fingerprint density at radius 3 is 2.64 bits per heavy atom. The van der Waals surface area contributed by atoms with E-state index in [1.165, 1.54) is 13.2 Å². The van der Waals surface area contributed by atoms with Gasteiger partial charge < -0.3 is 10.1 Å². The van der Waals surface area contributed by atoms with Gasteiger partial charge in [-0.05, 0) is 53.8 Å². The molecule has 0 radical (unpaired) electrons. The zero-order valence-corrected chi connectivity index (χ0v) is 16.1. The topological polar surface area (TPSA) is 111 Å². The molecule has 0 aromatic heterocycles. The highest BCUT2D eigenvalue weighted by molar-refractivity contribution is 7.89. The van der Waals surface area contributed by atoms with Crippen molar-refractivity contribution >= 4 is 27.5 Å². The normalized spacial score (nSPS) is 22.7. The predicted octanol–water partition coefficient (Wildman–Crippen LogP) is 3.34. The number of primary sulfonamides is 1. The summed E-state index contributed by atoms with van der Waals surface area (Å²) in [7, 11) is -2.42. The number of anilines is 2. The highest BCUT2D eigenvalue weighted by Gasteiger charge is 2.38. The molecule has 2 aromatic rings. The minimum atomic E-state index is -3.74. The Bertz CT molecular complexity index is 1050. The molecule has 1 aliphatic carbocycles. The van der Waals surface area contributed by atoms with Gasteiger partial charge in [0.25, 0.3) is 0 Å². The third kappa shape index (κ3) is 3.36. The van der Waals surface area contributed by atoms with Crippen LogP contribution in [0.3, 0.4) is 0 Å². The van der Waals surface area contributed by atoms with Gasteiger partial charge in [-0.25, -0.2) is 18.4 Å². The second-order valence-electron chi connectivity index (χ2n) is 7.01. The Hall–Kier alpha value is -2.84. The molecule has 0 fully saturated rings. The zero-order chi connectivity index (χ0) is 19.9. The average Bonchev–Trinajstić information content (AvgIpc) is 3.17. The molecule has 1 aliphatic heterocycles. The third-order valence-corrected chi connectivity index (χ3v) is 6.28. The first-order chi connectivity index (χ1) is 13.4. The Morgan fingerprint density at radius 2 is 1.96 bits per heavy atom. The van der Waals surface area contributed by atoms with Gasteiger partial charge in [0.15, 0.2) is 0 Å². The molecular formula is C20H21N3O4S. The summed E-state index contributed by atoms with van der Waals surface area (Å²) < 4.78 is 28.1. The maximum Gasteiger partial charge on any atom is 0.411 e. The fourth-order valence-corrected chi connectivity index (χ4v) is 4.57. The molecule has 0 saturated heterocycles. The molecule has 8 heteroatoms. The van der Waals surface area contributed by atoms with Crippen molar-refractivity contribution in [3.05, 3.63) is 65.7 Å². The van der Waals surface area contributed by atoms with Gasteiger partial charge in [-0.3, -0.25) is 5.32 Å². The van der Waals surface area contributed by atoms with Gasteiger partial charge >= 0.3 is 6.09 Å². The number of carbonyl (C=O) groups excluding carboxylic acids is 1. The van der Waals surface area contributed by atoms with Crippen LogP contribution in [0.2, 0.25) is 0 Å². The monoisotopic (exact) mass is 399 g/mol. The lowest BCUT2D eigenvalue weighted by atomic mass is 9.77. The van der Waals surface area contributed by atoms with E-state index in [4.69, 9.17) is 5.14 Å². The van der Waals surface area contributed by atoms with Crippen LogP contribution in [0.5, 0.6) is 0 Å². The Kier molecular flexibility index (Phi) is 4.60. The van der Waals surface area contributed by atoms with E-state index in [-0.39, 0.29) is 22.8 Å². The molecule has 3 atom stereocenters. The van der Waals surface area contributed by atoms with E-state index in [1.54, 1.807) is 12.1 Å². The zero-order valence-electron chi connectivity index (χ0n) is 15.3. The number of hydrogen-bond donors (Lipinski definition) is 3. The Balaban J connectivity index is 1.65. The molecule has 4 rings (SSSR count). The largest absolute Gasteiger partial charge is 0.453 e. The van der Waals surface area contributed by atoms with Crippen molar-refractivity contribution < 1.29 is 17.9 Å². The molecule has 28 heavy (non-hydrogen) atoms. The van der Waals surface area contributed by atoms with E-state index in [0.29, 0.717) is 5.69 Å². The lowest BCUT2D eigenvalue weighted by Gasteiger charge is -2.37. The number of fused-ring (bicyclic) bond motifs is 3. The number of nitrogens with one attached hydrogen (secondary N) is 2. The van der Waals surface area contributed by atoms with Crippen LogP contribution in [-0.2, 0) is 14.8 Å². The van der Waals surface area contributed by atoms with Gasteiger partial charge in [0.2, 0.25) is 10.0 Å². The maximum atomic E-state index is 11.7. The van der Waals surface area contributed by atoms with Crippen LogP contribution in [0.25, 0.3) is 0 Å². The van der Waals surface area contributed by atoms with Gasteiger partial charge in [-0.2, -0.15) is 0 Å². The van der Waals surface area contributed by atoms with Crippen molar-refractivity contribution in [1.82, 2.24) is 0 Å². The molecule has 2 aromatic carbocycles. The summed E-state index contributed by atoms with van der Waals surface area (Å²) in [6, 6.07) is 12.7. The molecule has 146 valence electrons. The number of ether oxygens (including phenoxy) is 1. The lowest BCUT2D eigenvalue weighted by Crippen LogP contribution is -2.29. The van der Waals surface area contributed by atoms with Gasteiger partial charge in [0, 0.05) is 17.3 Å². The lowest BCUT2D eigenvalue weighted by molar-refractivity contribution is 0.187. The second kappa shape index (κ2) is 6.96. The van der Waals surface area contributed by atoms with E-state index in [1.807, 2.05) is 24.3 Å². The number of hydrogen-bond acceptors (Lipinski definition) is 5. The van der Waals surface area contributed by atoms with Crippen molar-refractivity contribution in [1.29, 1.82) is 0 Å². The van der Waals surface area contributed by atoms with Crippen molar-refractivity contribution in [2.24, 2.45) is 11.1 Å². The molecular weight excluding hydrogens is 378 g/mol. The van der Waals surface area contributed by atoms with Crippen LogP contribution in [0.1, 0.15) is 29.5 Å². The van der Waals surface area contributed by atoms with Gasteiger partial charge in [-0.15, -0.1) is 0 Å². The summed E-state index contributed by atoms with van der Waals surface area (Å²) in [4.78, 5) is 11.5. The standard InChI is InChI=1S/C20H21N3O4S/c1-27-20(24)22-13-7-5-12(6-8-13)19-16-4-2-3-15(16)17-11-14(28(21,25)26)9-10-18(17)23-19/h2-3,5-11,15-16,19,23H,4H2,1H3,(H,22,24)(H2,21,25,26). The number of rotatable bonds is 3. The number of methoxy groups -OCH3 is 1. The summed E-state index contributed by atoms with van der Waals surface area (Å²) in [5.74, 6) is 0.387. The second-order valence-corrected chi connectivity index (χ2v) is 8.57. The van der Waals surface area contributed by atoms with Crippen LogP contribution >= 0.6 is 0 Å². The van der Waals surface area contributed by atoms with Crippen LogP contribution in [-0.4, -0.2) is 21.6 Å². The van der Waals surface area contributed by atoms with Gasteiger partial charge in [-0.1, -0.05) is 24.3 Å². The molecule has 4 N–H and O–H groups in total. The number of nitrogens with two attached hydrogens (primary N) is 1. The van der Waals surface area contributed by atoms with Crippen molar-refractivity contribution in [3.8, 4) is 0 Å². The van der Waals surface area contributed by atoms with E-state index >= 15 is 0 Å². The van der Waals surface area contributed by atoms with Gasteiger partial charge in [0.1, 0.15) is 0 Å². The number of carbonyl (C=O) groups is 1. The highest BCUT2D eigenvalue weighted by Crippen LogP contribution is 2.50. The summed E-state index contributed by atoms with van der Waals surface area (Å²) in [5.41, 5.74) is 3.61. The highest BCUT2D eigenvalue weighted by atomic mass is 32.2. The number of allylic oxidation sites excluding steroid dienone is 2. The molecule has 3 unspecified atom stereocenters. The van der Waals surface area contributed by atoms with Crippen LogP contribution in [0.15, 0.2) is 59.5 Å². The summed E-state index contributed by atoms with van der Waals surface area (Å²) in [6.07, 6.45) is 4.65. The smallest absolute Gasteiger partial charge is 0.411 e. The molecule has 2 aliphatic rings. The first kappa shape index (κ1) is 18.5. The number of benzene rings is 2. The molecule has 0 bridgehead atoms. The minimum Gasteiger partial charge on any atom is -0.453 e. The first-order valence-corrected chi connectivity index (χ1v) is 10.5. The predicted molar refractivity (Wildman–Crippen MR) is 107 cm³/mol. The summed E-state index contributed by atoms with van der Waals surface area (Å²) in [6.45, 7) is 0. The number of amides is 1. The summed E-state index contributed by atoms with van der Waals surface area (Å²) >= 11 is 0. The van der Waals surface area contributed by atoms with Crippen LogP contribution < -0.4 is 15.8 Å². The maximum absolute atomic E-state index is 11.7. The van der Waals surface area contributed by atoms with Gasteiger partial charge in [0.05, 0.1) is 18.0 Å². The van der Waals surface area contributed by atoms with Crippen molar-refractivity contribution in [2.45, 2.75) is 23.3 Å². The van der Waals surface area contributed by atoms with E-state index in [0.717, 1.165) is 23.2 Å². The minimum absolute atomic E-state index is 0.0695. The van der Waals surface area contributed by atoms with Crippen LogP contribution in [0.4, 0.5) is 16.2 Å². The van der Waals surface area contributed by atoms with E-state index in [2.05, 4.69) is 27.5 Å². The Labute approximate surface area is 163 Å². The molecule has 0 saturated carbocycles. The molecule has 1 heterocycles. The first-order valence-electron chi connectivity index (χ1n) is 8.91. The number of sulfonamides is 1. The van der Waals surface area contributed by atoms with E-state index < -0.39 is 16.1 Å². The molecule has 0 spiro atoms. The Morgan fingerprint density at radius 1 is 1.21 bits per heavy atom. The molecule has 1 amide bonds.